The van der Waals surface area contributed by atoms with E-state index in [1.807, 2.05) is 9.80 Å². The molecule has 0 aliphatic carbocycles. The predicted molar refractivity (Wildman–Crippen MR) is 95.7 cm³/mol. The van der Waals surface area contributed by atoms with Crippen molar-refractivity contribution in [2.45, 2.75) is 33.2 Å². The van der Waals surface area contributed by atoms with Gasteiger partial charge in [-0.25, -0.2) is 0 Å². The van der Waals surface area contributed by atoms with Crippen LogP contribution in [0.5, 0.6) is 0 Å². The maximum atomic E-state index is 12.9. The highest BCUT2D eigenvalue weighted by atomic mass is 35.5. The molecular weight excluding hydrogens is 334 g/mol. The average molecular weight is 362 g/mol. The minimum Gasteiger partial charge on any atom is -0.340 e. The van der Waals surface area contributed by atoms with Gasteiger partial charge in [0, 0.05) is 38.4 Å². The van der Waals surface area contributed by atoms with E-state index in [2.05, 4.69) is 26.1 Å². The Morgan fingerprint density at radius 1 is 1.17 bits per heavy atom. The van der Waals surface area contributed by atoms with Crippen LogP contribution in [0.15, 0.2) is 0 Å². The Kier molecular flexibility index (Phi) is 5.90. The number of fused-ring (bicyclic) bond motifs is 1. The number of carbonyl (C=O) groups is 2. The molecule has 0 aromatic carbocycles. The van der Waals surface area contributed by atoms with Crippen LogP contribution >= 0.6 is 24.2 Å². The van der Waals surface area contributed by atoms with E-state index in [1.54, 1.807) is 11.8 Å². The number of hydrogen-bond acceptors (Lipinski definition) is 4. The molecule has 0 radical (unpaired) electrons. The number of halogens is 1. The van der Waals surface area contributed by atoms with Crippen LogP contribution in [-0.2, 0) is 9.59 Å². The molecular formula is C16H28ClN3O2S. The Hall–Kier alpha value is -0.460. The monoisotopic (exact) mass is 361 g/mol. The van der Waals surface area contributed by atoms with E-state index in [4.69, 9.17) is 0 Å². The molecule has 3 atom stereocenters. The second-order valence-corrected chi connectivity index (χ2v) is 9.04. The molecule has 0 aromatic heterocycles. The van der Waals surface area contributed by atoms with Gasteiger partial charge in [0.25, 0.3) is 0 Å². The molecule has 3 aliphatic heterocycles. The minimum atomic E-state index is -0.244. The molecule has 3 rings (SSSR count). The summed E-state index contributed by atoms with van der Waals surface area (Å²) in [7, 11) is 0. The second kappa shape index (κ2) is 7.19. The Labute approximate surface area is 149 Å². The fraction of sp³-hybridized carbons (Fsp3) is 0.875. The maximum Gasteiger partial charge on any atom is 0.246 e. The van der Waals surface area contributed by atoms with Gasteiger partial charge in [-0.05, 0) is 17.3 Å². The quantitative estimate of drug-likeness (QED) is 0.808. The van der Waals surface area contributed by atoms with Gasteiger partial charge in [0.15, 0.2) is 0 Å². The van der Waals surface area contributed by atoms with Crippen LogP contribution in [0, 0.1) is 17.3 Å². The van der Waals surface area contributed by atoms with Gasteiger partial charge in [0.2, 0.25) is 11.8 Å². The van der Waals surface area contributed by atoms with Gasteiger partial charge in [0.05, 0.1) is 5.88 Å². The zero-order valence-electron chi connectivity index (χ0n) is 14.2. The number of thioether (sulfide) groups is 1. The van der Waals surface area contributed by atoms with Gasteiger partial charge in [0.1, 0.15) is 6.04 Å². The lowest BCUT2D eigenvalue weighted by atomic mass is 9.91. The topological polar surface area (TPSA) is 52.7 Å². The molecule has 7 heteroatoms. The summed E-state index contributed by atoms with van der Waals surface area (Å²) < 4.78 is 0. The molecule has 0 saturated carbocycles. The number of amides is 2. The van der Waals surface area contributed by atoms with Crippen molar-refractivity contribution < 1.29 is 9.59 Å². The van der Waals surface area contributed by atoms with Crippen molar-refractivity contribution in [2.75, 3.05) is 37.8 Å². The fourth-order valence-electron chi connectivity index (χ4n) is 3.69. The highest BCUT2D eigenvalue weighted by molar-refractivity contribution is 7.99. The minimum absolute atomic E-state index is 0. The van der Waals surface area contributed by atoms with E-state index in [0.29, 0.717) is 24.1 Å². The number of likely N-dealkylation sites (tertiary alicyclic amines) is 1. The molecule has 0 spiro atoms. The van der Waals surface area contributed by atoms with Crippen LogP contribution < -0.4 is 5.32 Å². The number of hydrogen-bond donors (Lipinski definition) is 1. The van der Waals surface area contributed by atoms with Gasteiger partial charge in [-0.15, -0.1) is 24.2 Å². The Morgan fingerprint density at radius 2 is 1.78 bits per heavy atom. The van der Waals surface area contributed by atoms with Gasteiger partial charge >= 0.3 is 0 Å². The normalized spacial score (nSPS) is 30.3. The number of nitrogens with zero attached hydrogens (tertiary/aromatic N) is 2. The van der Waals surface area contributed by atoms with Crippen LogP contribution in [0.1, 0.15) is 27.2 Å². The van der Waals surface area contributed by atoms with Crippen LogP contribution in [0.3, 0.4) is 0 Å². The largest absolute Gasteiger partial charge is 0.340 e. The number of carbonyl (C=O) groups excluding carboxylic acids is 2. The molecule has 23 heavy (non-hydrogen) atoms. The molecule has 5 nitrogen and oxygen atoms in total. The molecule has 1 N–H and O–H groups in total. The Balaban J connectivity index is 0.00000192. The molecule has 132 valence electrons. The van der Waals surface area contributed by atoms with Crippen LogP contribution in [0.4, 0.5) is 0 Å². The molecule has 3 aliphatic rings. The Morgan fingerprint density at radius 3 is 2.35 bits per heavy atom. The summed E-state index contributed by atoms with van der Waals surface area (Å²) >= 11 is 1.70. The van der Waals surface area contributed by atoms with Crippen LogP contribution in [0.2, 0.25) is 0 Å². The van der Waals surface area contributed by atoms with Crippen molar-refractivity contribution in [3.05, 3.63) is 0 Å². The highest BCUT2D eigenvalue weighted by Gasteiger charge is 2.43. The lowest BCUT2D eigenvalue weighted by molar-refractivity contribution is -0.143. The Bertz CT molecular complexity index is 457. The maximum absolute atomic E-state index is 12.9. The third-order valence-corrected chi connectivity index (χ3v) is 5.88. The number of nitrogens with one attached hydrogen (secondary N) is 1. The summed E-state index contributed by atoms with van der Waals surface area (Å²) in [5, 5.41) is 3.40. The van der Waals surface area contributed by atoms with E-state index in [-0.39, 0.29) is 35.7 Å². The molecule has 3 fully saturated rings. The van der Waals surface area contributed by atoms with Gasteiger partial charge in [-0.1, -0.05) is 20.8 Å². The van der Waals surface area contributed by atoms with Crippen molar-refractivity contribution in [1.29, 1.82) is 0 Å². The standard InChI is InChI=1S/C16H27N3O2S.ClH/c1-16(2,3)4-14(20)19-10-22-9-13(19)15(21)18-7-11-5-17-6-12(11)8-18;/h11-13,17H,4-10H2,1-3H3;1H/t11-,12+,13?;. The van der Waals surface area contributed by atoms with Crippen molar-refractivity contribution in [3.63, 3.8) is 0 Å². The van der Waals surface area contributed by atoms with Crippen LogP contribution in [0.25, 0.3) is 0 Å². The molecule has 0 bridgehead atoms. The first-order valence-electron chi connectivity index (χ1n) is 8.22. The zero-order chi connectivity index (χ0) is 15.9. The smallest absolute Gasteiger partial charge is 0.246 e. The lowest BCUT2D eigenvalue weighted by Crippen LogP contribution is -2.49. The van der Waals surface area contributed by atoms with Crippen molar-refractivity contribution >= 4 is 36.0 Å². The first kappa shape index (κ1) is 18.9. The third-order valence-electron chi connectivity index (χ3n) is 4.87. The predicted octanol–water partition coefficient (Wildman–Crippen LogP) is 1.42. The summed E-state index contributed by atoms with van der Waals surface area (Å²) in [6, 6.07) is -0.244. The first-order valence-corrected chi connectivity index (χ1v) is 9.37. The fourth-order valence-corrected chi connectivity index (χ4v) is 4.87. The second-order valence-electron chi connectivity index (χ2n) is 8.04. The molecule has 3 saturated heterocycles. The molecule has 3 heterocycles. The first-order chi connectivity index (χ1) is 10.3. The van der Waals surface area contributed by atoms with E-state index in [0.717, 1.165) is 31.9 Å². The van der Waals surface area contributed by atoms with Crippen LogP contribution in [-0.4, -0.2) is 65.5 Å². The van der Waals surface area contributed by atoms with Crippen molar-refractivity contribution in [3.8, 4) is 0 Å². The molecule has 1 unspecified atom stereocenters. The van der Waals surface area contributed by atoms with E-state index in [1.165, 1.54) is 0 Å². The zero-order valence-corrected chi connectivity index (χ0v) is 15.8. The highest BCUT2D eigenvalue weighted by Crippen LogP contribution is 2.31. The van der Waals surface area contributed by atoms with E-state index in [9.17, 15) is 9.59 Å². The third kappa shape index (κ3) is 4.15. The summed E-state index contributed by atoms with van der Waals surface area (Å²) in [6.45, 7) is 9.98. The SMILES string of the molecule is CC(C)(C)CC(=O)N1CSCC1C(=O)N1C[C@H]2CNC[C@H]2C1.Cl. The van der Waals surface area contributed by atoms with Gasteiger partial charge in [-0.3, -0.25) is 9.59 Å². The van der Waals surface area contributed by atoms with Crippen molar-refractivity contribution in [2.24, 2.45) is 17.3 Å². The summed E-state index contributed by atoms with van der Waals surface area (Å²) in [6.07, 6.45) is 0.506. The summed E-state index contributed by atoms with van der Waals surface area (Å²) in [5.41, 5.74) is -0.0335. The van der Waals surface area contributed by atoms with Crippen molar-refractivity contribution in [1.82, 2.24) is 15.1 Å². The summed E-state index contributed by atoms with van der Waals surface area (Å²) in [5.74, 6) is 2.92. The number of rotatable bonds is 2. The summed E-state index contributed by atoms with van der Waals surface area (Å²) in [4.78, 5) is 29.2. The molecule has 2 amide bonds. The average Bonchev–Trinajstić information content (AvgIpc) is 3.10. The van der Waals surface area contributed by atoms with E-state index >= 15 is 0 Å². The molecule has 0 aromatic rings. The lowest BCUT2D eigenvalue weighted by Gasteiger charge is -2.29. The van der Waals surface area contributed by atoms with Gasteiger partial charge in [-0.2, -0.15) is 0 Å². The van der Waals surface area contributed by atoms with Gasteiger partial charge < -0.3 is 15.1 Å². The van der Waals surface area contributed by atoms with E-state index < -0.39 is 0 Å².